The molecule has 0 spiro atoms. The van der Waals surface area contributed by atoms with Gasteiger partial charge in [0.1, 0.15) is 0 Å². The summed E-state index contributed by atoms with van der Waals surface area (Å²) in [4.78, 5) is 2.43. The maximum atomic E-state index is 2.44. The summed E-state index contributed by atoms with van der Waals surface area (Å²) < 4.78 is 2.44. The first kappa shape index (κ1) is 41.0. The average Bonchev–Trinajstić information content (AvgIpc) is 3.78. The third kappa shape index (κ3) is 7.13. The highest BCUT2D eigenvalue weighted by atomic mass is 15.1. The molecule has 1 aromatic heterocycles. The van der Waals surface area contributed by atoms with Crippen molar-refractivity contribution in [2.24, 2.45) is 0 Å². The Bertz CT molecular complexity index is 3990. The highest BCUT2D eigenvalue weighted by molar-refractivity contribution is 6.12. The Morgan fingerprint density at radius 1 is 0.243 bits per heavy atom. The number of hydrogen-bond acceptors (Lipinski definition) is 1. The van der Waals surface area contributed by atoms with Crippen LogP contribution in [0.1, 0.15) is 0 Å². The van der Waals surface area contributed by atoms with Gasteiger partial charge in [-0.3, -0.25) is 0 Å². The largest absolute Gasteiger partial charge is 0.310 e. The Hall–Kier alpha value is -9.24. The van der Waals surface area contributed by atoms with Crippen molar-refractivity contribution in [3.8, 4) is 61.3 Å². The van der Waals surface area contributed by atoms with Gasteiger partial charge in [-0.05, 0) is 127 Å². The van der Waals surface area contributed by atoms with Gasteiger partial charge >= 0.3 is 0 Å². The first-order valence-corrected chi connectivity index (χ1v) is 24.1. The Balaban J connectivity index is 0.996. The molecule has 0 saturated carbocycles. The Morgan fingerprint density at radius 2 is 0.743 bits per heavy atom. The minimum Gasteiger partial charge on any atom is -0.310 e. The lowest BCUT2D eigenvalue weighted by Gasteiger charge is -2.29. The number of hydrogen-bond donors (Lipinski definition) is 0. The molecular weight excluding hydrogens is 845 g/mol. The quantitative estimate of drug-likeness (QED) is 0.140. The molecule has 0 radical (unpaired) electrons. The smallest absolute Gasteiger partial charge is 0.0541 e. The van der Waals surface area contributed by atoms with E-state index in [0.29, 0.717) is 0 Å². The molecule has 2 heteroatoms. The van der Waals surface area contributed by atoms with E-state index in [1.165, 1.54) is 88.0 Å². The van der Waals surface area contributed by atoms with Crippen molar-refractivity contribution in [1.29, 1.82) is 0 Å². The van der Waals surface area contributed by atoms with Crippen LogP contribution in [0.25, 0.3) is 105 Å². The monoisotopic (exact) mass is 890 g/mol. The van der Waals surface area contributed by atoms with Crippen molar-refractivity contribution in [2.75, 3.05) is 4.90 Å². The van der Waals surface area contributed by atoms with Gasteiger partial charge in [-0.15, -0.1) is 0 Å². The molecule has 1 heterocycles. The fourth-order valence-corrected chi connectivity index (χ4v) is 10.8. The SMILES string of the molecule is c1ccc(-c2cc(-c3ccc(N(c4ccc(-c5ccc(-n6c7ccccc7c7ccccc76)c6ccccc56)c(-c5ccccc5)c4)c4ccccc4-c4ccccc4)cc3)c3ccccc3c2)cc1. The van der Waals surface area contributed by atoms with E-state index < -0.39 is 0 Å². The number of nitrogens with zero attached hydrogens (tertiary/aromatic N) is 2. The van der Waals surface area contributed by atoms with Crippen LogP contribution in [0.3, 0.4) is 0 Å². The Labute approximate surface area is 408 Å². The lowest BCUT2D eigenvalue weighted by atomic mass is 9.90. The van der Waals surface area contributed by atoms with Gasteiger partial charge in [0.15, 0.2) is 0 Å². The van der Waals surface area contributed by atoms with Gasteiger partial charge in [-0.1, -0.05) is 218 Å². The standard InChI is InChI=1S/C68H46N2/c1-4-20-47(21-5-1)52-44-51-26-10-11-27-55(51)63(45-52)50-36-38-53(39-37-50)69(65-33-17-14-28-56(65)48-22-6-2-7-23-48)54-40-41-59(64(46-54)49-24-8-3-9-25-49)58-42-43-68(60-30-13-12-29-57(58)60)70-66-34-18-15-31-61(66)62-32-16-19-35-67(62)70/h1-46H. The number of anilines is 3. The van der Waals surface area contributed by atoms with E-state index in [4.69, 9.17) is 0 Å². The first-order chi connectivity index (χ1) is 34.7. The molecule has 13 rings (SSSR count). The van der Waals surface area contributed by atoms with Crippen LogP contribution in [0.5, 0.6) is 0 Å². The number of rotatable bonds is 9. The van der Waals surface area contributed by atoms with E-state index in [-0.39, 0.29) is 0 Å². The van der Waals surface area contributed by atoms with Crippen LogP contribution in [0.4, 0.5) is 17.1 Å². The van der Waals surface area contributed by atoms with Crippen molar-refractivity contribution in [2.45, 2.75) is 0 Å². The average molecular weight is 891 g/mol. The van der Waals surface area contributed by atoms with Crippen LogP contribution in [0.15, 0.2) is 279 Å². The molecule has 13 aromatic rings. The molecule has 0 aliphatic heterocycles. The van der Waals surface area contributed by atoms with Crippen LogP contribution >= 0.6 is 0 Å². The zero-order valence-corrected chi connectivity index (χ0v) is 38.5. The van der Waals surface area contributed by atoms with Crippen molar-refractivity contribution in [1.82, 2.24) is 4.57 Å². The van der Waals surface area contributed by atoms with E-state index in [1.807, 2.05) is 0 Å². The lowest BCUT2D eigenvalue weighted by Crippen LogP contribution is -2.11. The predicted octanol–water partition coefficient (Wildman–Crippen LogP) is 18.9. The number of para-hydroxylation sites is 3. The third-order valence-electron chi connectivity index (χ3n) is 14.0. The van der Waals surface area contributed by atoms with Gasteiger partial charge < -0.3 is 9.47 Å². The highest BCUT2D eigenvalue weighted by Crippen LogP contribution is 2.47. The van der Waals surface area contributed by atoms with E-state index in [2.05, 4.69) is 289 Å². The normalized spacial score (nSPS) is 11.4. The summed E-state index contributed by atoms with van der Waals surface area (Å²) in [5.41, 5.74) is 18.6. The van der Waals surface area contributed by atoms with Gasteiger partial charge in [-0.2, -0.15) is 0 Å². The van der Waals surface area contributed by atoms with Crippen molar-refractivity contribution in [3.63, 3.8) is 0 Å². The van der Waals surface area contributed by atoms with Gasteiger partial charge in [0.05, 0.1) is 22.4 Å². The molecule has 0 atom stereocenters. The fraction of sp³-hybridized carbons (Fsp3) is 0. The summed E-state index contributed by atoms with van der Waals surface area (Å²) in [7, 11) is 0. The summed E-state index contributed by atoms with van der Waals surface area (Å²) in [6.45, 7) is 0. The molecule has 12 aromatic carbocycles. The molecule has 0 unspecified atom stereocenters. The molecule has 0 saturated heterocycles. The van der Waals surface area contributed by atoms with Gasteiger partial charge in [0.2, 0.25) is 0 Å². The van der Waals surface area contributed by atoms with Crippen LogP contribution in [-0.2, 0) is 0 Å². The summed E-state index contributed by atoms with van der Waals surface area (Å²) in [5, 5.41) is 7.38. The zero-order chi connectivity index (χ0) is 46.4. The van der Waals surface area contributed by atoms with Crippen LogP contribution < -0.4 is 4.90 Å². The number of fused-ring (bicyclic) bond motifs is 5. The summed E-state index contributed by atoms with van der Waals surface area (Å²) in [6, 6.07) is 102. The van der Waals surface area contributed by atoms with Gasteiger partial charge in [-0.25, -0.2) is 0 Å². The molecule has 0 N–H and O–H groups in total. The van der Waals surface area contributed by atoms with Gasteiger partial charge in [0, 0.05) is 33.1 Å². The number of aromatic nitrogens is 1. The van der Waals surface area contributed by atoms with E-state index >= 15 is 0 Å². The second kappa shape index (κ2) is 17.4. The summed E-state index contributed by atoms with van der Waals surface area (Å²) in [6.07, 6.45) is 0. The minimum atomic E-state index is 1.07. The van der Waals surface area contributed by atoms with Crippen molar-refractivity contribution < 1.29 is 0 Å². The van der Waals surface area contributed by atoms with Crippen LogP contribution in [-0.4, -0.2) is 4.57 Å². The Morgan fingerprint density at radius 3 is 1.43 bits per heavy atom. The molecule has 0 bridgehead atoms. The topological polar surface area (TPSA) is 8.17 Å². The molecular formula is C68H46N2. The highest BCUT2D eigenvalue weighted by Gasteiger charge is 2.22. The number of benzene rings is 12. The third-order valence-corrected chi connectivity index (χ3v) is 14.0. The maximum Gasteiger partial charge on any atom is 0.0541 e. The maximum absolute atomic E-state index is 2.44. The summed E-state index contributed by atoms with van der Waals surface area (Å²) in [5.74, 6) is 0. The van der Waals surface area contributed by atoms with E-state index in [0.717, 1.165) is 33.8 Å². The van der Waals surface area contributed by atoms with Gasteiger partial charge in [0.25, 0.3) is 0 Å². The van der Waals surface area contributed by atoms with Crippen LogP contribution in [0, 0.1) is 0 Å². The second-order valence-corrected chi connectivity index (χ2v) is 18.0. The Kier molecular flexibility index (Phi) is 10.2. The van der Waals surface area contributed by atoms with Crippen LogP contribution in [0.2, 0.25) is 0 Å². The zero-order valence-electron chi connectivity index (χ0n) is 38.5. The predicted molar refractivity (Wildman–Crippen MR) is 298 cm³/mol. The second-order valence-electron chi connectivity index (χ2n) is 18.0. The van der Waals surface area contributed by atoms with Crippen molar-refractivity contribution >= 4 is 60.4 Å². The van der Waals surface area contributed by atoms with Crippen molar-refractivity contribution in [3.05, 3.63) is 279 Å². The molecule has 2 nitrogen and oxygen atoms in total. The first-order valence-electron chi connectivity index (χ1n) is 24.1. The molecule has 0 fully saturated rings. The van der Waals surface area contributed by atoms with E-state index in [9.17, 15) is 0 Å². The molecule has 0 aliphatic rings. The summed E-state index contributed by atoms with van der Waals surface area (Å²) >= 11 is 0. The lowest BCUT2D eigenvalue weighted by molar-refractivity contribution is 1.20. The van der Waals surface area contributed by atoms with E-state index in [1.54, 1.807) is 0 Å². The minimum absolute atomic E-state index is 1.07. The molecule has 0 aliphatic carbocycles. The molecule has 0 amide bonds. The fourth-order valence-electron chi connectivity index (χ4n) is 10.8. The molecule has 328 valence electrons. The molecule has 70 heavy (non-hydrogen) atoms.